The molecule has 0 unspecified atom stereocenters. The third-order valence-corrected chi connectivity index (χ3v) is 3.46. The van der Waals surface area contributed by atoms with Gasteiger partial charge < -0.3 is 5.73 Å². The smallest absolute Gasteiger partial charge is 0.222 e. The van der Waals surface area contributed by atoms with E-state index in [1.165, 1.54) is 19.3 Å². The molecular formula is C9H12BrN3O. The van der Waals surface area contributed by atoms with Gasteiger partial charge in [-0.05, 0) is 35.2 Å². The van der Waals surface area contributed by atoms with Crippen LogP contribution in [0, 0.1) is 0 Å². The molecule has 5 heteroatoms. The summed E-state index contributed by atoms with van der Waals surface area (Å²) >= 11 is 3.45. The lowest BCUT2D eigenvalue weighted by atomic mass is 9.93. The quantitative estimate of drug-likeness (QED) is 0.890. The number of nitrogens with two attached hydrogens (primary N) is 1. The monoisotopic (exact) mass is 257 g/mol. The largest absolute Gasteiger partial charge is 0.369 e. The van der Waals surface area contributed by atoms with E-state index in [4.69, 9.17) is 5.73 Å². The van der Waals surface area contributed by atoms with Gasteiger partial charge in [0.15, 0.2) is 0 Å². The van der Waals surface area contributed by atoms with Crippen LogP contribution in [-0.4, -0.2) is 15.7 Å². The second-order valence-electron chi connectivity index (χ2n) is 3.63. The molecule has 0 aliphatic heterocycles. The van der Waals surface area contributed by atoms with E-state index in [1.807, 2.05) is 4.68 Å². The number of nitrogens with zero attached hydrogens (tertiary/aromatic N) is 2. The van der Waals surface area contributed by atoms with Crippen molar-refractivity contribution in [3.05, 3.63) is 16.4 Å². The van der Waals surface area contributed by atoms with Gasteiger partial charge in [0.05, 0.1) is 18.7 Å². The van der Waals surface area contributed by atoms with Crippen molar-refractivity contribution in [1.82, 2.24) is 9.78 Å². The number of carbonyl (C=O) groups excluding carboxylic acids is 1. The van der Waals surface area contributed by atoms with E-state index in [0.29, 0.717) is 6.04 Å². The van der Waals surface area contributed by atoms with Gasteiger partial charge in [0.1, 0.15) is 4.60 Å². The topological polar surface area (TPSA) is 60.9 Å². The summed E-state index contributed by atoms with van der Waals surface area (Å²) in [5.41, 5.74) is 6.01. The Kier molecular flexibility index (Phi) is 2.58. The Hall–Kier alpha value is -0.840. The molecule has 0 atom stereocenters. The van der Waals surface area contributed by atoms with Crippen LogP contribution in [0.3, 0.4) is 0 Å². The highest BCUT2D eigenvalue weighted by Gasteiger charge is 2.23. The minimum atomic E-state index is -0.321. The van der Waals surface area contributed by atoms with Gasteiger partial charge in [-0.1, -0.05) is 0 Å². The van der Waals surface area contributed by atoms with E-state index in [9.17, 15) is 4.79 Å². The molecule has 0 bridgehead atoms. The molecule has 1 aromatic heterocycles. The molecule has 1 heterocycles. The lowest BCUT2D eigenvalue weighted by Crippen LogP contribution is -2.18. The van der Waals surface area contributed by atoms with Crippen LogP contribution in [0.5, 0.6) is 0 Å². The van der Waals surface area contributed by atoms with Gasteiger partial charge in [-0.2, -0.15) is 5.10 Å². The average molecular weight is 258 g/mol. The van der Waals surface area contributed by atoms with E-state index in [0.717, 1.165) is 10.2 Å². The van der Waals surface area contributed by atoms with Crippen molar-refractivity contribution in [2.24, 2.45) is 5.73 Å². The van der Waals surface area contributed by atoms with Crippen LogP contribution >= 0.6 is 15.9 Å². The normalized spacial score (nSPS) is 16.6. The number of hydrogen-bond acceptors (Lipinski definition) is 2. The Morgan fingerprint density at radius 1 is 1.71 bits per heavy atom. The van der Waals surface area contributed by atoms with Gasteiger partial charge in [0.2, 0.25) is 5.91 Å². The third kappa shape index (κ3) is 1.68. The lowest BCUT2D eigenvalue weighted by Gasteiger charge is -2.26. The van der Waals surface area contributed by atoms with Crippen molar-refractivity contribution in [2.75, 3.05) is 0 Å². The van der Waals surface area contributed by atoms with Crippen LogP contribution in [0.25, 0.3) is 0 Å². The molecule has 2 rings (SSSR count). The van der Waals surface area contributed by atoms with E-state index < -0.39 is 0 Å². The second-order valence-corrected chi connectivity index (χ2v) is 4.38. The Balaban J connectivity index is 2.18. The van der Waals surface area contributed by atoms with Crippen molar-refractivity contribution in [2.45, 2.75) is 31.7 Å². The van der Waals surface area contributed by atoms with Gasteiger partial charge in [0.25, 0.3) is 0 Å². The summed E-state index contributed by atoms with van der Waals surface area (Å²) in [6, 6.07) is 0.506. The van der Waals surface area contributed by atoms with Gasteiger partial charge in [-0.3, -0.25) is 9.48 Å². The average Bonchev–Trinajstić information content (AvgIpc) is 2.32. The van der Waals surface area contributed by atoms with Gasteiger partial charge in [-0.25, -0.2) is 0 Å². The van der Waals surface area contributed by atoms with E-state index in [2.05, 4.69) is 21.0 Å². The fourth-order valence-electron chi connectivity index (χ4n) is 1.58. The molecule has 1 saturated carbocycles. The summed E-state index contributed by atoms with van der Waals surface area (Å²) < 4.78 is 2.85. The maximum atomic E-state index is 10.7. The Labute approximate surface area is 90.6 Å². The molecule has 14 heavy (non-hydrogen) atoms. The number of carbonyl (C=O) groups is 1. The number of hydrogen-bond donors (Lipinski definition) is 1. The van der Waals surface area contributed by atoms with Crippen LogP contribution in [0.15, 0.2) is 10.8 Å². The van der Waals surface area contributed by atoms with Gasteiger partial charge in [0, 0.05) is 5.56 Å². The number of rotatable bonds is 3. The predicted octanol–water partition coefficient (Wildman–Crippen LogP) is 1.40. The SMILES string of the molecule is NC(=O)Cc1cnn(C2CCC2)c1Br. The van der Waals surface area contributed by atoms with Crippen LogP contribution in [0.1, 0.15) is 30.9 Å². The van der Waals surface area contributed by atoms with E-state index in [-0.39, 0.29) is 12.3 Å². The van der Waals surface area contributed by atoms with Crippen LogP contribution < -0.4 is 5.73 Å². The fourth-order valence-corrected chi connectivity index (χ4v) is 2.20. The summed E-state index contributed by atoms with van der Waals surface area (Å²) in [6.45, 7) is 0. The highest BCUT2D eigenvalue weighted by atomic mass is 79.9. The van der Waals surface area contributed by atoms with Gasteiger partial charge >= 0.3 is 0 Å². The van der Waals surface area contributed by atoms with Crippen molar-refractivity contribution in [3.8, 4) is 0 Å². The molecule has 1 aliphatic carbocycles. The molecule has 1 aliphatic rings. The number of primary amides is 1. The number of amides is 1. The van der Waals surface area contributed by atoms with Crippen LogP contribution in [0.2, 0.25) is 0 Å². The highest BCUT2D eigenvalue weighted by molar-refractivity contribution is 9.10. The van der Waals surface area contributed by atoms with Crippen molar-refractivity contribution >= 4 is 21.8 Å². The first-order chi connectivity index (χ1) is 6.68. The zero-order valence-corrected chi connectivity index (χ0v) is 9.33. The molecule has 0 saturated heterocycles. The maximum Gasteiger partial charge on any atom is 0.222 e. The molecular weight excluding hydrogens is 246 g/mol. The summed E-state index contributed by atoms with van der Waals surface area (Å²) in [5, 5.41) is 4.25. The molecule has 0 spiro atoms. The van der Waals surface area contributed by atoms with Crippen molar-refractivity contribution in [1.29, 1.82) is 0 Å². The molecule has 1 aromatic rings. The maximum absolute atomic E-state index is 10.7. The van der Waals surface area contributed by atoms with Crippen molar-refractivity contribution in [3.63, 3.8) is 0 Å². The molecule has 4 nitrogen and oxygen atoms in total. The van der Waals surface area contributed by atoms with E-state index >= 15 is 0 Å². The van der Waals surface area contributed by atoms with Gasteiger partial charge in [-0.15, -0.1) is 0 Å². The summed E-state index contributed by atoms with van der Waals surface area (Å²) in [6.07, 6.45) is 5.59. The molecule has 0 radical (unpaired) electrons. The molecule has 1 fully saturated rings. The summed E-state index contributed by atoms with van der Waals surface area (Å²) in [4.78, 5) is 10.7. The predicted molar refractivity (Wildman–Crippen MR) is 55.7 cm³/mol. The third-order valence-electron chi connectivity index (χ3n) is 2.59. The first-order valence-electron chi connectivity index (χ1n) is 4.68. The molecule has 1 amide bonds. The highest BCUT2D eigenvalue weighted by Crippen LogP contribution is 2.34. The minimum Gasteiger partial charge on any atom is -0.369 e. The second kappa shape index (κ2) is 3.73. The standard InChI is InChI=1S/C9H12BrN3O/c10-9-6(4-8(11)14)5-12-13(9)7-2-1-3-7/h5,7H,1-4H2,(H2,11,14). The fraction of sp³-hybridized carbons (Fsp3) is 0.556. The molecule has 0 aromatic carbocycles. The molecule has 76 valence electrons. The lowest BCUT2D eigenvalue weighted by molar-refractivity contribution is -0.117. The van der Waals surface area contributed by atoms with Crippen LogP contribution in [-0.2, 0) is 11.2 Å². The zero-order valence-electron chi connectivity index (χ0n) is 7.74. The molecule has 2 N–H and O–H groups in total. The minimum absolute atomic E-state index is 0.257. The number of halogens is 1. The Morgan fingerprint density at radius 3 is 2.93 bits per heavy atom. The Morgan fingerprint density at radius 2 is 2.43 bits per heavy atom. The van der Waals surface area contributed by atoms with Crippen molar-refractivity contribution < 1.29 is 4.79 Å². The van der Waals surface area contributed by atoms with E-state index in [1.54, 1.807) is 6.20 Å². The number of aromatic nitrogens is 2. The zero-order chi connectivity index (χ0) is 10.1. The summed E-state index contributed by atoms with van der Waals surface area (Å²) in [7, 11) is 0. The Bertz CT molecular complexity index is 357. The first kappa shape index (κ1) is 9.71. The first-order valence-corrected chi connectivity index (χ1v) is 5.48. The van der Waals surface area contributed by atoms with Crippen LogP contribution in [0.4, 0.5) is 0 Å². The summed E-state index contributed by atoms with van der Waals surface area (Å²) in [5.74, 6) is -0.321.